The van der Waals surface area contributed by atoms with Crippen LogP contribution in [0.3, 0.4) is 0 Å². The summed E-state index contributed by atoms with van der Waals surface area (Å²) < 4.78 is 4.96. The first kappa shape index (κ1) is 11.1. The average Bonchev–Trinajstić information content (AvgIpc) is 1.97. The maximum Gasteiger partial charge on any atom is 0.171 e. The standard InChI is InChI=1S/C10H16O2/c1-6-9(12-5)8(7-11)10(2,3)4/h1,11H,7H2,2-5H3/b9-8-. The third-order valence-corrected chi connectivity index (χ3v) is 1.67. The van der Waals surface area contributed by atoms with Gasteiger partial charge in [0.05, 0.1) is 13.7 Å². The fourth-order valence-electron chi connectivity index (χ4n) is 0.919. The highest BCUT2D eigenvalue weighted by atomic mass is 16.5. The van der Waals surface area contributed by atoms with E-state index < -0.39 is 0 Å². The van der Waals surface area contributed by atoms with Gasteiger partial charge in [0.25, 0.3) is 0 Å². The third-order valence-electron chi connectivity index (χ3n) is 1.67. The van der Waals surface area contributed by atoms with Gasteiger partial charge in [-0.25, -0.2) is 0 Å². The quantitative estimate of drug-likeness (QED) is 0.501. The van der Waals surface area contributed by atoms with Crippen molar-refractivity contribution in [3.8, 4) is 12.3 Å². The zero-order valence-corrected chi connectivity index (χ0v) is 8.14. The van der Waals surface area contributed by atoms with E-state index in [2.05, 4.69) is 5.92 Å². The van der Waals surface area contributed by atoms with E-state index >= 15 is 0 Å². The molecule has 0 spiro atoms. The number of methoxy groups -OCH3 is 1. The number of aliphatic hydroxyl groups is 1. The van der Waals surface area contributed by atoms with E-state index in [0.717, 1.165) is 5.57 Å². The molecule has 2 nitrogen and oxygen atoms in total. The van der Waals surface area contributed by atoms with Gasteiger partial charge in [0.2, 0.25) is 0 Å². The molecule has 0 aromatic heterocycles. The van der Waals surface area contributed by atoms with Gasteiger partial charge < -0.3 is 9.84 Å². The smallest absolute Gasteiger partial charge is 0.171 e. The summed E-state index contributed by atoms with van der Waals surface area (Å²) in [6.07, 6.45) is 5.21. The molecule has 12 heavy (non-hydrogen) atoms. The number of hydrogen-bond donors (Lipinski definition) is 1. The number of terminal acetylenes is 1. The molecule has 0 aliphatic heterocycles. The highest BCUT2D eigenvalue weighted by molar-refractivity contribution is 5.29. The Morgan fingerprint density at radius 2 is 2.00 bits per heavy atom. The lowest BCUT2D eigenvalue weighted by atomic mass is 9.86. The van der Waals surface area contributed by atoms with Crippen molar-refractivity contribution in [1.82, 2.24) is 0 Å². The molecule has 0 fully saturated rings. The Hall–Kier alpha value is -0.940. The van der Waals surface area contributed by atoms with Crippen LogP contribution < -0.4 is 0 Å². The molecular formula is C10H16O2. The topological polar surface area (TPSA) is 29.5 Å². The van der Waals surface area contributed by atoms with Crippen molar-refractivity contribution in [3.05, 3.63) is 11.3 Å². The van der Waals surface area contributed by atoms with Gasteiger partial charge in [-0.15, -0.1) is 6.42 Å². The Kier molecular flexibility index (Phi) is 3.85. The van der Waals surface area contributed by atoms with E-state index in [1.165, 1.54) is 7.11 Å². The van der Waals surface area contributed by atoms with Crippen LogP contribution in [0, 0.1) is 17.8 Å². The number of aliphatic hydroxyl groups excluding tert-OH is 1. The molecule has 0 bridgehead atoms. The highest BCUT2D eigenvalue weighted by Gasteiger charge is 2.20. The van der Waals surface area contributed by atoms with Crippen molar-refractivity contribution in [2.24, 2.45) is 5.41 Å². The van der Waals surface area contributed by atoms with Crippen molar-refractivity contribution in [2.45, 2.75) is 20.8 Å². The number of hydrogen-bond acceptors (Lipinski definition) is 2. The fourth-order valence-corrected chi connectivity index (χ4v) is 0.919. The molecule has 0 aliphatic rings. The minimum Gasteiger partial charge on any atom is -0.489 e. The Labute approximate surface area is 74.2 Å². The molecule has 0 rings (SSSR count). The van der Waals surface area contributed by atoms with Crippen LogP contribution in [0.15, 0.2) is 11.3 Å². The van der Waals surface area contributed by atoms with Crippen molar-refractivity contribution >= 4 is 0 Å². The molecule has 0 heterocycles. The summed E-state index contributed by atoms with van der Waals surface area (Å²) in [5, 5.41) is 9.06. The van der Waals surface area contributed by atoms with E-state index in [4.69, 9.17) is 16.3 Å². The first-order chi connectivity index (χ1) is 5.47. The summed E-state index contributed by atoms with van der Waals surface area (Å²) in [5.74, 6) is 2.84. The second kappa shape index (κ2) is 4.18. The molecule has 1 N–H and O–H groups in total. The number of ether oxygens (including phenoxy) is 1. The van der Waals surface area contributed by atoms with Crippen LogP contribution in [0.2, 0.25) is 0 Å². The molecule has 0 aliphatic carbocycles. The van der Waals surface area contributed by atoms with Crippen LogP contribution in [0.25, 0.3) is 0 Å². The normalized spacial score (nSPS) is 13.3. The fraction of sp³-hybridized carbons (Fsp3) is 0.600. The minimum absolute atomic E-state index is 0.0587. The summed E-state index contributed by atoms with van der Waals surface area (Å²) in [4.78, 5) is 0. The van der Waals surface area contributed by atoms with Crippen molar-refractivity contribution in [1.29, 1.82) is 0 Å². The van der Waals surface area contributed by atoms with Gasteiger partial charge in [0, 0.05) is 5.57 Å². The van der Waals surface area contributed by atoms with Crippen LogP contribution in [-0.2, 0) is 4.74 Å². The minimum atomic E-state index is -0.146. The maximum atomic E-state index is 9.06. The Morgan fingerprint density at radius 3 is 2.08 bits per heavy atom. The predicted molar refractivity (Wildman–Crippen MR) is 49.4 cm³/mol. The SMILES string of the molecule is C#C/C(OC)=C(\CO)C(C)(C)C. The zero-order chi connectivity index (χ0) is 9.78. The van der Waals surface area contributed by atoms with Crippen molar-refractivity contribution in [2.75, 3.05) is 13.7 Å². The molecular weight excluding hydrogens is 152 g/mol. The maximum absolute atomic E-state index is 9.06. The predicted octanol–water partition coefficient (Wildman–Crippen LogP) is 1.56. The largest absolute Gasteiger partial charge is 0.489 e. The Morgan fingerprint density at radius 1 is 1.50 bits per heavy atom. The lowest BCUT2D eigenvalue weighted by Crippen LogP contribution is -2.15. The van der Waals surface area contributed by atoms with Gasteiger partial charge >= 0.3 is 0 Å². The molecule has 0 saturated heterocycles. The molecule has 0 radical (unpaired) electrons. The van der Waals surface area contributed by atoms with Gasteiger partial charge in [0.15, 0.2) is 5.76 Å². The monoisotopic (exact) mass is 168 g/mol. The highest BCUT2D eigenvalue weighted by Crippen LogP contribution is 2.27. The second-order valence-electron chi connectivity index (χ2n) is 3.56. The zero-order valence-electron chi connectivity index (χ0n) is 8.14. The summed E-state index contributed by atoms with van der Waals surface area (Å²) >= 11 is 0. The van der Waals surface area contributed by atoms with E-state index in [-0.39, 0.29) is 12.0 Å². The van der Waals surface area contributed by atoms with Crippen LogP contribution in [-0.4, -0.2) is 18.8 Å². The first-order valence-corrected chi connectivity index (χ1v) is 3.82. The lowest BCUT2D eigenvalue weighted by molar-refractivity contribution is 0.253. The molecule has 0 aromatic rings. The van der Waals surface area contributed by atoms with Crippen LogP contribution in [0.1, 0.15) is 20.8 Å². The van der Waals surface area contributed by atoms with E-state index in [9.17, 15) is 0 Å². The third kappa shape index (κ3) is 2.60. The molecule has 2 heteroatoms. The van der Waals surface area contributed by atoms with E-state index in [1.807, 2.05) is 20.8 Å². The molecule has 0 amide bonds. The van der Waals surface area contributed by atoms with E-state index in [0.29, 0.717) is 5.76 Å². The number of allylic oxidation sites excluding steroid dienone is 1. The summed E-state index contributed by atoms with van der Waals surface area (Å²) in [5.41, 5.74) is 0.611. The molecule has 0 atom stereocenters. The van der Waals surface area contributed by atoms with Gasteiger partial charge in [-0.2, -0.15) is 0 Å². The van der Waals surface area contributed by atoms with Gasteiger partial charge in [0.1, 0.15) is 0 Å². The molecule has 0 saturated carbocycles. The van der Waals surface area contributed by atoms with Crippen LogP contribution in [0.4, 0.5) is 0 Å². The summed E-state index contributed by atoms with van der Waals surface area (Å²) in [7, 11) is 1.51. The van der Waals surface area contributed by atoms with Crippen molar-refractivity contribution < 1.29 is 9.84 Å². The van der Waals surface area contributed by atoms with E-state index in [1.54, 1.807) is 0 Å². The Bertz CT molecular complexity index is 213. The van der Waals surface area contributed by atoms with Gasteiger partial charge in [-0.1, -0.05) is 20.8 Å². The lowest BCUT2D eigenvalue weighted by Gasteiger charge is -2.22. The van der Waals surface area contributed by atoms with Crippen LogP contribution >= 0.6 is 0 Å². The van der Waals surface area contributed by atoms with Crippen molar-refractivity contribution in [3.63, 3.8) is 0 Å². The summed E-state index contributed by atoms with van der Waals surface area (Å²) in [6.45, 7) is 5.88. The van der Waals surface area contributed by atoms with Gasteiger partial charge in [-0.3, -0.25) is 0 Å². The first-order valence-electron chi connectivity index (χ1n) is 3.82. The number of rotatable bonds is 2. The molecule has 0 aromatic carbocycles. The summed E-state index contributed by atoms with van der Waals surface area (Å²) in [6, 6.07) is 0. The average molecular weight is 168 g/mol. The Balaban J connectivity index is 5.00. The van der Waals surface area contributed by atoms with Crippen LogP contribution in [0.5, 0.6) is 0 Å². The molecule has 0 unspecified atom stereocenters. The molecule has 68 valence electrons. The van der Waals surface area contributed by atoms with Gasteiger partial charge in [-0.05, 0) is 11.3 Å². The second-order valence-corrected chi connectivity index (χ2v) is 3.56.